The van der Waals surface area contributed by atoms with Crippen LogP contribution in [0.5, 0.6) is 0 Å². The van der Waals surface area contributed by atoms with Crippen LogP contribution in [0.15, 0.2) is 42.6 Å². The molecular formula is C17H19N3O3. The van der Waals surface area contributed by atoms with E-state index in [0.29, 0.717) is 24.4 Å². The standard InChI is InChI=1S/C17H19N3O3/c1-12-3-5-14(6-4-12)20-17(22)15-11-13(7-8-18-15)16(21)19-9-10-23-2/h3-8,11H,9-10H2,1-2H3,(H,19,21)(H,20,22). The minimum absolute atomic E-state index is 0.185. The fourth-order valence-corrected chi connectivity index (χ4v) is 1.90. The number of hydrogen-bond acceptors (Lipinski definition) is 4. The molecule has 0 saturated heterocycles. The molecule has 2 aromatic rings. The molecule has 0 fully saturated rings. The number of ether oxygens (including phenoxy) is 1. The summed E-state index contributed by atoms with van der Waals surface area (Å²) in [4.78, 5) is 28.2. The third-order valence-electron chi connectivity index (χ3n) is 3.16. The number of aromatic nitrogens is 1. The molecular weight excluding hydrogens is 294 g/mol. The molecule has 0 radical (unpaired) electrons. The monoisotopic (exact) mass is 313 g/mol. The topological polar surface area (TPSA) is 80.3 Å². The molecule has 0 spiro atoms. The normalized spacial score (nSPS) is 10.2. The summed E-state index contributed by atoms with van der Waals surface area (Å²) in [6.45, 7) is 2.80. The Kier molecular flexibility index (Phi) is 5.82. The molecule has 0 saturated carbocycles. The van der Waals surface area contributed by atoms with Gasteiger partial charge in [-0.2, -0.15) is 0 Å². The number of methoxy groups -OCH3 is 1. The lowest BCUT2D eigenvalue weighted by Gasteiger charge is -2.07. The Labute approximate surface area is 134 Å². The zero-order valence-corrected chi connectivity index (χ0v) is 13.1. The van der Waals surface area contributed by atoms with Gasteiger partial charge in [-0.05, 0) is 31.2 Å². The Bertz CT molecular complexity index is 684. The fourth-order valence-electron chi connectivity index (χ4n) is 1.90. The van der Waals surface area contributed by atoms with Gasteiger partial charge < -0.3 is 15.4 Å². The number of amides is 2. The Morgan fingerprint density at radius 3 is 2.57 bits per heavy atom. The summed E-state index contributed by atoms with van der Waals surface area (Å²) in [7, 11) is 1.56. The number of pyridine rings is 1. The number of carbonyl (C=O) groups excluding carboxylic acids is 2. The predicted octanol–water partition coefficient (Wildman–Crippen LogP) is 2.02. The first-order chi connectivity index (χ1) is 11.1. The van der Waals surface area contributed by atoms with Gasteiger partial charge in [0.2, 0.25) is 0 Å². The maximum atomic E-state index is 12.2. The molecule has 1 aromatic carbocycles. The van der Waals surface area contributed by atoms with Gasteiger partial charge in [0.1, 0.15) is 5.69 Å². The highest BCUT2D eigenvalue weighted by Crippen LogP contribution is 2.10. The number of rotatable bonds is 6. The maximum absolute atomic E-state index is 12.2. The summed E-state index contributed by atoms with van der Waals surface area (Å²) < 4.78 is 4.87. The molecule has 0 aliphatic rings. The first kappa shape index (κ1) is 16.6. The smallest absolute Gasteiger partial charge is 0.274 e. The van der Waals surface area contributed by atoms with Crippen LogP contribution in [-0.4, -0.2) is 37.1 Å². The van der Waals surface area contributed by atoms with E-state index in [4.69, 9.17) is 4.74 Å². The van der Waals surface area contributed by atoms with Crippen molar-refractivity contribution in [3.8, 4) is 0 Å². The maximum Gasteiger partial charge on any atom is 0.274 e. The van der Waals surface area contributed by atoms with Gasteiger partial charge in [0, 0.05) is 31.1 Å². The van der Waals surface area contributed by atoms with Crippen LogP contribution in [0.3, 0.4) is 0 Å². The van der Waals surface area contributed by atoms with Crippen molar-refractivity contribution in [2.75, 3.05) is 25.6 Å². The van der Waals surface area contributed by atoms with Crippen LogP contribution in [0.2, 0.25) is 0 Å². The van der Waals surface area contributed by atoms with E-state index < -0.39 is 0 Å². The van der Waals surface area contributed by atoms with Crippen LogP contribution in [-0.2, 0) is 4.74 Å². The van der Waals surface area contributed by atoms with Crippen molar-refractivity contribution in [2.24, 2.45) is 0 Å². The van der Waals surface area contributed by atoms with Gasteiger partial charge in [0.05, 0.1) is 6.61 Å². The first-order valence-corrected chi connectivity index (χ1v) is 7.21. The number of nitrogens with zero attached hydrogens (tertiary/aromatic N) is 1. The van der Waals surface area contributed by atoms with Gasteiger partial charge in [0.15, 0.2) is 0 Å². The molecule has 1 heterocycles. The van der Waals surface area contributed by atoms with Crippen LogP contribution >= 0.6 is 0 Å². The second-order valence-electron chi connectivity index (χ2n) is 5.00. The van der Waals surface area contributed by atoms with Crippen LogP contribution in [0.1, 0.15) is 26.4 Å². The van der Waals surface area contributed by atoms with Crippen LogP contribution < -0.4 is 10.6 Å². The Morgan fingerprint density at radius 2 is 1.87 bits per heavy atom. The van der Waals surface area contributed by atoms with Gasteiger partial charge in [0.25, 0.3) is 11.8 Å². The van der Waals surface area contributed by atoms with Crippen molar-refractivity contribution >= 4 is 17.5 Å². The Morgan fingerprint density at radius 1 is 1.13 bits per heavy atom. The van der Waals surface area contributed by atoms with Gasteiger partial charge >= 0.3 is 0 Å². The molecule has 2 N–H and O–H groups in total. The minimum atomic E-state index is -0.361. The van der Waals surface area contributed by atoms with Crippen LogP contribution in [0.25, 0.3) is 0 Å². The second kappa shape index (κ2) is 8.05. The van der Waals surface area contributed by atoms with E-state index in [2.05, 4.69) is 15.6 Å². The summed E-state index contributed by atoms with van der Waals surface area (Å²) in [5.74, 6) is -0.630. The summed E-state index contributed by atoms with van der Waals surface area (Å²) >= 11 is 0. The average Bonchev–Trinajstić information content (AvgIpc) is 2.57. The first-order valence-electron chi connectivity index (χ1n) is 7.21. The molecule has 23 heavy (non-hydrogen) atoms. The predicted molar refractivity (Wildman–Crippen MR) is 87.6 cm³/mol. The van der Waals surface area contributed by atoms with Crippen LogP contribution in [0.4, 0.5) is 5.69 Å². The van der Waals surface area contributed by atoms with Gasteiger partial charge in [-0.3, -0.25) is 14.6 Å². The van der Waals surface area contributed by atoms with Gasteiger partial charge in [-0.25, -0.2) is 0 Å². The van der Waals surface area contributed by atoms with Crippen molar-refractivity contribution < 1.29 is 14.3 Å². The average molecular weight is 313 g/mol. The number of carbonyl (C=O) groups is 2. The summed E-state index contributed by atoms with van der Waals surface area (Å²) in [5.41, 5.74) is 2.35. The van der Waals surface area contributed by atoms with E-state index >= 15 is 0 Å². The molecule has 2 rings (SSSR count). The van der Waals surface area contributed by atoms with E-state index in [1.54, 1.807) is 13.2 Å². The highest BCUT2D eigenvalue weighted by atomic mass is 16.5. The molecule has 0 aliphatic carbocycles. The molecule has 0 atom stereocenters. The van der Waals surface area contributed by atoms with Crippen molar-refractivity contribution in [3.05, 3.63) is 59.4 Å². The number of anilines is 1. The molecule has 6 heteroatoms. The van der Waals surface area contributed by atoms with Gasteiger partial charge in [-0.15, -0.1) is 0 Å². The molecule has 0 bridgehead atoms. The third-order valence-corrected chi connectivity index (χ3v) is 3.16. The van der Waals surface area contributed by atoms with Crippen molar-refractivity contribution in [1.29, 1.82) is 0 Å². The number of benzene rings is 1. The van der Waals surface area contributed by atoms with Crippen molar-refractivity contribution in [1.82, 2.24) is 10.3 Å². The highest BCUT2D eigenvalue weighted by molar-refractivity contribution is 6.04. The fraction of sp³-hybridized carbons (Fsp3) is 0.235. The van der Waals surface area contributed by atoms with Gasteiger partial charge in [-0.1, -0.05) is 17.7 Å². The molecule has 6 nitrogen and oxygen atoms in total. The second-order valence-corrected chi connectivity index (χ2v) is 5.00. The lowest BCUT2D eigenvalue weighted by Crippen LogP contribution is -2.27. The number of nitrogens with one attached hydrogen (secondary N) is 2. The molecule has 2 amide bonds. The highest BCUT2D eigenvalue weighted by Gasteiger charge is 2.12. The van der Waals surface area contributed by atoms with E-state index in [1.807, 2.05) is 31.2 Å². The molecule has 120 valence electrons. The summed E-state index contributed by atoms with van der Waals surface area (Å²) in [6, 6.07) is 10.5. The quantitative estimate of drug-likeness (QED) is 0.800. The zero-order chi connectivity index (χ0) is 16.7. The Hall–Kier alpha value is -2.73. The van der Waals surface area contributed by atoms with Crippen LogP contribution in [0, 0.1) is 6.92 Å². The van der Waals surface area contributed by atoms with E-state index in [-0.39, 0.29) is 17.5 Å². The SMILES string of the molecule is COCCNC(=O)c1ccnc(C(=O)Nc2ccc(C)cc2)c1. The van der Waals surface area contributed by atoms with E-state index in [0.717, 1.165) is 5.56 Å². The number of aryl methyl sites for hydroxylation is 1. The summed E-state index contributed by atoms with van der Waals surface area (Å²) in [5, 5.41) is 5.45. The van der Waals surface area contributed by atoms with Crippen molar-refractivity contribution in [2.45, 2.75) is 6.92 Å². The third kappa shape index (κ3) is 4.89. The lowest BCUT2D eigenvalue weighted by molar-refractivity contribution is 0.0937. The van der Waals surface area contributed by atoms with Crippen molar-refractivity contribution in [3.63, 3.8) is 0 Å². The largest absolute Gasteiger partial charge is 0.383 e. The van der Waals surface area contributed by atoms with E-state index in [9.17, 15) is 9.59 Å². The minimum Gasteiger partial charge on any atom is -0.383 e. The number of hydrogen-bond donors (Lipinski definition) is 2. The summed E-state index contributed by atoms with van der Waals surface area (Å²) in [6.07, 6.45) is 1.44. The Balaban J connectivity index is 2.04. The van der Waals surface area contributed by atoms with E-state index in [1.165, 1.54) is 12.3 Å². The molecule has 0 aliphatic heterocycles. The zero-order valence-electron chi connectivity index (χ0n) is 13.1. The molecule has 0 unspecified atom stereocenters. The molecule has 1 aromatic heterocycles. The lowest BCUT2D eigenvalue weighted by atomic mass is 10.2.